The van der Waals surface area contributed by atoms with Gasteiger partial charge >= 0.3 is 0 Å². The molecule has 0 heterocycles. The first-order valence-electron chi connectivity index (χ1n) is 6.54. The van der Waals surface area contributed by atoms with Gasteiger partial charge in [0.15, 0.2) is 0 Å². The minimum atomic E-state index is 0.103. The summed E-state index contributed by atoms with van der Waals surface area (Å²) in [4.78, 5) is 0. The number of hydrogen-bond acceptors (Lipinski definition) is 3. The third-order valence-electron chi connectivity index (χ3n) is 2.80. The quantitative estimate of drug-likeness (QED) is 0.855. The molecule has 0 unspecified atom stereocenters. The fourth-order valence-corrected chi connectivity index (χ4v) is 2.11. The second kappa shape index (κ2) is 6.53. The lowest BCUT2D eigenvalue weighted by Gasteiger charge is -2.16. The predicted molar refractivity (Wildman–Crippen MR) is 82.6 cm³/mol. The Hall–Kier alpha value is -1.87. The van der Waals surface area contributed by atoms with E-state index in [2.05, 4.69) is 5.32 Å². The Labute approximate surface area is 124 Å². The number of aromatic hydroxyl groups is 1. The van der Waals surface area contributed by atoms with Crippen molar-refractivity contribution in [1.29, 1.82) is 0 Å². The molecule has 4 heteroatoms. The van der Waals surface area contributed by atoms with Crippen LogP contribution in [-0.4, -0.2) is 11.2 Å². The van der Waals surface area contributed by atoms with Crippen molar-refractivity contribution in [2.24, 2.45) is 0 Å². The van der Waals surface area contributed by atoms with Crippen LogP contribution in [0.15, 0.2) is 42.5 Å². The maximum atomic E-state index is 9.83. The highest BCUT2D eigenvalue weighted by Crippen LogP contribution is 2.29. The number of benzene rings is 2. The van der Waals surface area contributed by atoms with Gasteiger partial charge in [-0.2, -0.15) is 0 Å². The summed E-state index contributed by atoms with van der Waals surface area (Å²) < 4.78 is 5.74. The number of anilines is 1. The topological polar surface area (TPSA) is 41.5 Å². The number of para-hydroxylation sites is 2. The van der Waals surface area contributed by atoms with Crippen LogP contribution in [0.4, 0.5) is 5.69 Å². The fraction of sp³-hybridized carbons (Fsp3) is 0.250. The second-order valence-electron chi connectivity index (χ2n) is 4.75. The predicted octanol–water partition coefficient (Wildman–Crippen LogP) is 4.44. The van der Waals surface area contributed by atoms with E-state index in [0.29, 0.717) is 17.1 Å². The fourth-order valence-electron chi connectivity index (χ4n) is 1.88. The van der Waals surface area contributed by atoms with E-state index in [1.807, 2.05) is 38.1 Å². The molecule has 0 bridgehead atoms. The molecule has 106 valence electrons. The third-order valence-corrected chi connectivity index (χ3v) is 3.15. The number of ether oxygens (including phenoxy) is 1. The molecule has 2 rings (SSSR count). The van der Waals surface area contributed by atoms with Gasteiger partial charge in [-0.1, -0.05) is 29.8 Å². The van der Waals surface area contributed by atoms with E-state index in [9.17, 15) is 5.11 Å². The van der Waals surface area contributed by atoms with Gasteiger partial charge in [-0.05, 0) is 38.1 Å². The summed E-state index contributed by atoms with van der Waals surface area (Å²) in [7, 11) is 0. The molecule has 0 radical (unpaired) electrons. The van der Waals surface area contributed by atoms with Crippen molar-refractivity contribution in [3.05, 3.63) is 53.1 Å². The van der Waals surface area contributed by atoms with Crippen LogP contribution >= 0.6 is 11.6 Å². The zero-order chi connectivity index (χ0) is 14.5. The van der Waals surface area contributed by atoms with Gasteiger partial charge in [0.2, 0.25) is 0 Å². The van der Waals surface area contributed by atoms with E-state index in [4.69, 9.17) is 16.3 Å². The third kappa shape index (κ3) is 3.58. The van der Waals surface area contributed by atoms with Crippen LogP contribution < -0.4 is 10.1 Å². The van der Waals surface area contributed by atoms with E-state index in [0.717, 1.165) is 11.4 Å². The van der Waals surface area contributed by atoms with Gasteiger partial charge in [0.05, 0.1) is 11.8 Å². The molecule has 0 spiro atoms. The molecule has 2 aromatic rings. The van der Waals surface area contributed by atoms with Gasteiger partial charge in [-0.25, -0.2) is 0 Å². The number of rotatable bonds is 5. The molecule has 2 aromatic carbocycles. The van der Waals surface area contributed by atoms with Gasteiger partial charge in [-0.3, -0.25) is 0 Å². The molecule has 0 aromatic heterocycles. The van der Waals surface area contributed by atoms with Crippen molar-refractivity contribution in [3.63, 3.8) is 0 Å². The zero-order valence-electron chi connectivity index (χ0n) is 11.6. The minimum Gasteiger partial charge on any atom is -0.508 e. The highest BCUT2D eigenvalue weighted by atomic mass is 35.5. The Bertz CT molecular complexity index is 564. The molecule has 0 aliphatic rings. The Kier molecular flexibility index (Phi) is 4.74. The molecule has 20 heavy (non-hydrogen) atoms. The Morgan fingerprint density at radius 3 is 2.60 bits per heavy atom. The molecule has 0 saturated heterocycles. The van der Waals surface area contributed by atoms with Crippen LogP contribution in [0.25, 0.3) is 0 Å². The minimum absolute atomic E-state index is 0.103. The molecule has 2 N–H and O–H groups in total. The standard InChI is InChI=1S/C16H18ClNO2/c1-11(2)20-16-9-4-3-7-14(16)18-10-12-13(17)6-5-8-15(12)19/h3-9,11,18-19H,10H2,1-2H3. The first kappa shape index (κ1) is 14.5. The maximum absolute atomic E-state index is 9.83. The molecular formula is C16H18ClNO2. The highest BCUT2D eigenvalue weighted by Gasteiger charge is 2.08. The molecule has 0 fully saturated rings. The summed E-state index contributed by atoms with van der Waals surface area (Å²) in [6, 6.07) is 12.8. The summed E-state index contributed by atoms with van der Waals surface area (Å²) >= 11 is 6.09. The second-order valence-corrected chi connectivity index (χ2v) is 5.16. The van der Waals surface area contributed by atoms with Crippen molar-refractivity contribution < 1.29 is 9.84 Å². The van der Waals surface area contributed by atoms with Crippen LogP contribution in [0.3, 0.4) is 0 Å². The van der Waals surface area contributed by atoms with E-state index in [-0.39, 0.29) is 11.9 Å². The molecule has 0 amide bonds. The number of halogens is 1. The van der Waals surface area contributed by atoms with Crippen molar-refractivity contribution in [1.82, 2.24) is 0 Å². The van der Waals surface area contributed by atoms with Gasteiger partial charge in [0.1, 0.15) is 11.5 Å². The van der Waals surface area contributed by atoms with Crippen molar-refractivity contribution in [3.8, 4) is 11.5 Å². The monoisotopic (exact) mass is 291 g/mol. The number of phenolic OH excluding ortho intramolecular Hbond substituents is 1. The van der Waals surface area contributed by atoms with Crippen molar-refractivity contribution >= 4 is 17.3 Å². The van der Waals surface area contributed by atoms with Crippen LogP contribution in [0.5, 0.6) is 11.5 Å². The Morgan fingerprint density at radius 2 is 1.90 bits per heavy atom. The van der Waals surface area contributed by atoms with Gasteiger partial charge in [0.25, 0.3) is 0 Å². The zero-order valence-corrected chi connectivity index (χ0v) is 12.3. The van der Waals surface area contributed by atoms with Crippen LogP contribution in [0, 0.1) is 0 Å². The summed E-state index contributed by atoms with van der Waals surface area (Å²) in [5.74, 6) is 0.973. The average molecular weight is 292 g/mol. The lowest BCUT2D eigenvalue weighted by Crippen LogP contribution is -2.08. The van der Waals surface area contributed by atoms with E-state index < -0.39 is 0 Å². The molecular weight excluding hydrogens is 274 g/mol. The van der Waals surface area contributed by atoms with E-state index in [1.165, 1.54) is 0 Å². The first-order chi connectivity index (χ1) is 9.58. The van der Waals surface area contributed by atoms with Crippen molar-refractivity contribution in [2.75, 3.05) is 5.32 Å². The lowest BCUT2D eigenvalue weighted by atomic mass is 10.2. The van der Waals surface area contributed by atoms with Gasteiger partial charge in [0, 0.05) is 17.1 Å². The Balaban J connectivity index is 2.15. The summed E-state index contributed by atoms with van der Waals surface area (Å²) in [6.07, 6.45) is 0.103. The first-order valence-corrected chi connectivity index (χ1v) is 6.91. The molecule has 3 nitrogen and oxygen atoms in total. The summed E-state index contributed by atoms with van der Waals surface area (Å²) in [6.45, 7) is 4.40. The maximum Gasteiger partial charge on any atom is 0.142 e. The van der Waals surface area contributed by atoms with E-state index >= 15 is 0 Å². The number of phenols is 1. The van der Waals surface area contributed by atoms with Crippen molar-refractivity contribution in [2.45, 2.75) is 26.5 Å². The largest absolute Gasteiger partial charge is 0.508 e. The average Bonchev–Trinajstić information content (AvgIpc) is 2.39. The van der Waals surface area contributed by atoms with Gasteiger partial charge < -0.3 is 15.2 Å². The summed E-state index contributed by atoms with van der Waals surface area (Å²) in [5.41, 5.74) is 1.55. The highest BCUT2D eigenvalue weighted by molar-refractivity contribution is 6.31. The number of nitrogens with one attached hydrogen (secondary N) is 1. The summed E-state index contributed by atoms with van der Waals surface area (Å²) in [5, 5.41) is 13.6. The SMILES string of the molecule is CC(C)Oc1ccccc1NCc1c(O)cccc1Cl. The van der Waals surface area contributed by atoms with Crippen LogP contribution in [0.2, 0.25) is 5.02 Å². The molecule has 0 aliphatic carbocycles. The molecule has 0 aliphatic heterocycles. The molecule has 0 saturated carbocycles. The smallest absolute Gasteiger partial charge is 0.142 e. The van der Waals surface area contributed by atoms with Gasteiger partial charge in [-0.15, -0.1) is 0 Å². The normalized spacial score (nSPS) is 10.6. The molecule has 0 atom stereocenters. The lowest BCUT2D eigenvalue weighted by molar-refractivity contribution is 0.243. The Morgan fingerprint density at radius 1 is 1.15 bits per heavy atom. The van der Waals surface area contributed by atoms with Crippen LogP contribution in [0.1, 0.15) is 19.4 Å². The van der Waals surface area contributed by atoms with Crippen LogP contribution in [-0.2, 0) is 6.54 Å². The van der Waals surface area contributed by atoms with E-state index in [1.54, 1.807) is 18.2 Å². The number of hydrogen-bond donors (Lipinski definition) is 2.